The first-order chi connectivity index (χ1) is 8.10. The zero-order valence-electron chi connectivity index (χ0n) is 10.5. The Morgan fingerprint density at radius 3 is 2.71 bits per heavy atom. The van der Waals surface area contributed by atoms with Gasteiger partial charge in [-0.2, -0.15) is 0 Å². The lowest BCUT2D eigenvalue weighted by molar-refractivity contribution is 0.182. The van der Waals surface area contributed by atoms with E-state index in [1.54, 1.807) is 13.3 Å². The molecule has 2 N–H and O–H groups in total. The van der Waals surface area contributed by atoms with Crippen LogP contribution < -0.4 is 10.6 Å². The van der Waals surface area contributed by atoms with Crippen LogP contribution >= 0.6 is 12.2 Å². The number of likely N-dealkylation sites (N-methyl/N-ethyl adjacent to an activating group) is 1. The minimum absolute atomic E-state index is 0.308. The summed E-state index contributed by atoms with van der Waals surface area (Å²) in [6, 6.07) is 4.14. The topological polar surface area (TPSA) is 51.4 Å². The first-order valence-corrected chi connectivity index (χ1v) is 6.02. The standard InChI is InChI=1S/C12H19N3OS/c1-4-15(9(2)8-16-3)10-5-6-11(12(13)17)14-7-10/h5-7,9H,4,8H2,1-3H3,(H2,13,17). The molecule has 0 saturated carbocycles. The second kappa shape index (κ2) is 6.51. The minimum atomic E-state index is 0.308. The molecule has 1 aromatic heterocycles. The molecule has 0 spiro atoms. The molecular weight excluding hydrogens is 234 g/mol. The fraction of sp³-hybridized carbons (Fsp3) is 0.500. The predicted octanol–water partition coefficient (Wildman–Crippen LogP) is 1.58. The zero-order chi connectivity index (χ0) is 12.8. The normalized spacial score (nSPS) is 12.2. The summed E-state index contributed by atoms with van der Waals surface area (Å²) in [6.07, 6.45) is 1.80. The smallest absolute Gasteiger partial charge is 0.122 e. The third-order valence-electron chi connectivity index (χ3n) is 2.61. The van der Waals surface area contributed by atoms with E-state index >= 15 is 0 Å². The number of methoxy groups -OCH3 is 1. The van der Waals surface area contributed by atoms with Gasteiger partial charge in [-0.25, -0.2) is 0 Å². The molecule has 0 aliphatic rings. The maximum atomic E-state index is 5.52. The molecule has 0 fully saturated rings. The summed E-state index contributed by atoms with van der Waals surface area (Å²) < 4.78 is 5.17. The van der Waals surface area contributed by atoms with Gasteiger partial charge in [0.15, 0.2) is 0 Å². The first-order valence-electron chi connectivity index (χ1n) is 5.61. The Kier molecular flexibility index (Phi) is 5.31. The van der Waals surface area contributed by atoms with Crippen molar-refractivity contribution in [3.05, 3.63) is 24.0 Å². The molecule has 0 aliphatic heterocycles. The van der Waals surface area contributed by atoms with Crippen LogP contribution in [0.5, 0.6) is 0 Å². The number of pyridine rings is 1. The highest BCUT2D eigenvalue weighted by Crippen LogP contribution is 2.16. The molecule has 0 bridgehead atoms. The van der Waals surface area contributed by atoms with Crippen molar-refractivity contribution in [2.24, 2.45) is 5.73 Å². The summed E-state index contributed by atoms with van der Waals surface area (Å²) >= 11 is 4.87. The van der Waals surface area contributed by atoms with Gasteiger partial charge < -0.3 is 15.4 Å². The Hall–Kier alpha value is -1.20. The lowest BCUT2D eigenvalue weighted by Gasteiger charge is -2.29. The number of anilines is 1. The van der Waals surface area contributed by atoms with Gasteiger partial charge in [0, 0.05) is 19.7 Å². The zero-order valence-corrected chi connectivity index (χ0v) is 11.3. The third-order valence-corrected chi connectivity index (χ3v) is 2.82. The van der Waals surface area contributed by atoms with Gasteiger partial charge in [-0.05, 0) is 26.0 Å². The average molecular weight is 253 g/mol. The number of hydrogen-bond donors (Lipinski definition) is 1. The Morgan fingerprint density at radius 2 is 2.29 bits per heavy atom. The Morgan fingerprint density at radius 1 is 1.59 bits per heavy atom. The summed E-state index contributed by atoms with van der Waals surface area (Å²) in [7, 11) is 1.71. The molecule has 0 amide bonds. The SMILES string of the molecule is CCN(c1ccc(C(N)=S)nc1)C(C)COC. The van der Waals surface area contributed by atoms with Crippen molar-refractivity contribution >= 4 is 22.9 Å². The molecule has 17 heavy (non-hydrogen) atoms. The summed E-state index contributed by atoms with van der Waals surface area (Å²) in [4.78, 5) is 6.79. The average Bonchev–Trinajstić information content (AvgIpc) is 2.31. The Labute approximate surface area is 108 Å². The van der Waals surface area contributed by atoms with Crippen molar-refractivity contribution in [3.8, 4) is 0 Å². The summed E-state index contributed by atoms with van der Waals surface area (Å²) in [6.45, 7) is 5.81. The van der Waals surface area contributed by atoms with Crippen molar-refractivity contribution < 1.29 is 4.74 Å². The fourth-order valence-electron chi connectivity index (χ4n) is 1.78. The van der Waals surface area contributed by atoms with Crippen LogP contribution in [-0.2, 0) is 4.74 Å². The van der Waals surface area contributed by atoms with E-state index in [0.717, 1.165) is 12.2 Å². The van der Waals surface area contributed by atoms with E-state index in [1.165, 1.54) is 0 Å². The summed E-state index contributed by atoms with van der Waals surface area (Å²) in [5.41, 5.74) is 7.22. The number of ether oxygens (including phenoxy) is 1. The highest BCUT2D eigenvalue weighted by Gasteiger charge is 2.13. The van der Waals surface area contributed by atoms with Crippen LogP contribution in [0.25, 0.3) is 0 Å². The molecule has 5 heteroatoms. The van der Waals surface area contributed by atoms with Gasteiger partial charge in [0.25, 0.3) is 0 Å². The molecule has 94 valence electrons. The van der Waals surface area contributed by atoms with Crippen LogP contribution in [-0.4, -0.2) is 36.3 Å². The van der Waals surface area contributed by atoms with Crippen LogP contribution in [0.3, 0.4) is 0 Å². The number of aromatic nitrogens is 1. The van der Waals surface area contributed by atoms with Gasteiger partial charge in [0.05, 0.1) is 24.2 Å². The molecule has 0 radical (unpaired) electrons. The first kappa shape index (κ1) is 13.9. The van der Waals surface area contributed by atoms with E-state index in [4.69, 9.17) is 22.7 Å². The largest absolute Gasteiger partial charge is 0.388 e. The minimum Gasteiger partial charge on any atom is -0.388 e. The molecule has 1 rings (SSSR count). The van der Waals surface area contributed by atoms with Gasteiger partial charge in [-0.3, -0.25) is 4.98 Å². The van der Waals surface area contributed by atoms with Gasteiger partial charge in [0.2, 0.25) is 0 Å². The van der Waals surface area contributed by atoms with E-state index in [-0.39, 0.29) is 0 Å². The van der Waals surface area contributed by atoms with Gasteiger partial charge >= 0.3 is 0 Å². The Balaban J connectivity index is 2.85. The highest BCUT2D eigenvalue weighted by atomic mass is 32.1. The maximum Gasteiger partial charge on any atom is 0.122 e. The number of thiocarbonyl (C=S) groups is 1. The third kappa shape index (κ3) is 3.64. The Bertz CT molecular complexity index is 367. The van der Waals surface area contributed by atoms with Gasteiger partial charge in [-0.15, -0.1) is 0 Å². The second-order valence-corrected chi connectivity index (χ2v) is 4.30. The van der Waals surface area contributed by atoms with Crippen molar-refractivity contribution in [3.63, 3.8) is 0 Å². The van der Waals surface area contributed by atoms with Gasteiger partial charge in [0.1, 0.15) is 4.99 Å². The second-order valence-electron chi connectivity index (χ2n) is 3.86. The van der Waals surface area contributed by atoms with Crippen molar-refractivity contribution in [2.45, 2.75) is 19.9 Å². The van der Waals surface area contributed by atoms with Crippen molar-refractivity contribution in [2.75, 3.05) is 25.2 Å². The quantitative estimate of drug-likeness (QED) is 0.780. The van der Waals surface area contributed by atoms with E-state index in [1.807, 2.05) is 12.1 Å². The summed E-state index contributed by atoms with van der Waals surface area (Å²) in [5.74, 6) is 0. The van der Waals surface area contributed by atoms with Gasteiger partial charge in [-0.1, -0.05) is 12.2 Å². The lowest BCUT2D eigenvalue weighted by Crippen LogP contribution is -2.36. The molecule has 1 unspecified atom stereocenters. The van der Waals surface area contributed by atoms with E-state index in [0.29, 0.717) is 23.3 Å². The summed E-state index contributed by atoms with van der Waals surface area (Å²) in [5, 5.41) is 0. The van der Waals surface area contributed by atoms with Crippen molar-refractivity contribution in [1.29, 1.82) is 0 Å². The molecule has 1 atom stereocenters. The predicted molar refractivity (Wildman–Crippen MR) is 74.5 cm³/mol. The van der Waals surface area contributed by atoms with Crippen molar-refractivity contribution in [1.82, 2.24) is 4.98 Å². The van der Waals surface area contributed by atoms with Crippen LogP contribution in [0.15, 0.2) is 18.3 Å². The lowest BCUT2D eigenvalue weighted by atomic mass is 10.2. The van der Waals surface area contributed by atoms with Crippen LogP contribution in [0.4, 0.5) is 5.69 Å². The molecule has 1 heterocycles. The fourth-order valence-corrected chi connectivity index (χ4v) is 1.90. The van der Waals surface area contributed by atoms with E-state index < -0.39 is 0 Å². The molecule has 0 aliphatic carbocycles. The highest BCUT2D eigenvalue weighted by molar-refractivity contribution is 7.80. The number of nitrogens with zero attached hydrogens (tertiary/aromatic N) is 2. The molecule has 0 saturated heterocycles. The number of hydrogen-bond acceptors (Lipinski definition) is 4. The molecular formula is C12H19N3OS. The number of rotatable bonds is 6. The van der Waals surface area contributed by atoms with E-state index in [9.17, 15) is 0 Å². The molecule has 4 nitrogen and oxygen atoms in total. The molecule has 0 aromatic carbocycles. The maximum absolute atomic E-state index is 5.52. The van der Waals surface area contributed by atoms with Crippen LogP contribution in [0, 0.1) is 0 Å². The monoisotopic (exact) mass is 253 g/mol. The molecule has 1 aromatic rings. The number of nitrogens with two attached hydrogens (primary N) is 1. The van der Waals surface area contributed by atoms with Crippen LogP contribution in [0.2, 0.25) is 0 Å². The van der Waals surface area contributed by atoms with E-state index in [2.05, 4.69) is 23.7 Å². The van der Waals surface area contributed by atoms with Crippen LogP contribution in [0.1, 0.15) is 19.5 Å².